The second-order valence-corrected chi connectivity index (χ2v) is 6.45. The van der Waals surface area contributed by atoms with Gasteiger partial charge in [-0.25, -0.2) is 0 Å². The van der Waals surface area contributed by atoms with Gasteiger partial charge in [0.1, 0.15) is 5.75 Å². The number of carbonyl (C=O) groups is 1. The van der Waals surface area contributed by atoms with Crippen molar-refractivity contribution < 1.29 is 9.53 Å². The Balaban J connectivity index is 1.58. The third kappa shape index (κ3) is 4.41. The quantitative estimate of drug-likeness (QED) is 0.890. The first-order valence-electron chi connectivity index (χ1n) is 8.09. The molecule has 1 amide bonds. The number of halogens is 1. The van der Waals surface area contributed by atoms with E-state index in [1.165, 1.54) is 5.57 Å². The smallest absolute Gasteiger partial charge is 0.238 e. The van der Waals surface area contributed by atoms with Crippen molar-refractivity contribution in [3.63, 3.8) is 0 Å². The van der Waals surface area contributed by atoms with E-state index in [2.05, 4.69) is 21.4 Å². The summed E-state index contributed by atoms with van der Waals surface area (Å²) >= 11 is 5.99. The van der Waals surface area contributed by atoms with Gasteiger partial charge in [-0.3, -0.25) is 14.4 Å². The van der Waals surface area contributed by atoms with Crippen molar-refractivity contribution in [3.05, 3.63) is 47.3 Å². The molecule has 0 bridgehead atoms. The lowest BCUT2D eigenvalue weighted by Gasteiger charge is -2.25. The molecule has 0 atom stereocenters. The lowest BCUT2D eigenvalue weighted by atomic mass is 10.0. The molecule has 0 fully saturated rings. The summed E-state index contributed by atoms with van der Waals surface area (Å²) in [5.41, 5.74) is 3.01. The SMILES string of the molecule is COc1ccc(Cl)cc1NC(=O)CN1CC=C(c2cnn(C)c2)CC1. The van der Waals surface area contributed by atoms with Gasteiger partial charge >= 0.3 is 0 Å². The molecule has 1 N–H and O–H groups in total. The normalized spacial score (nSPS) is 14.9. The van der Waals surface area contributed by atoms with E-state index in [9.17, 15) is 4.79 Å². The Hall–Kier alpha value is -2.31. The first-order chi connectivity index (χ1) is 12.0. The van der Waals surface area contributed by atoms with Crippen molar-refractivity contribution >= 4 is 28.8 Å². The summed E-state index contributed by atoms with van der Waals surface area (Å²) in [4.78, 5) is 14.4. The van der Waals surface area contributed by atoms with Crippen molar-refractivity contribution in [2.75, 3.05) is 32.1 Å². The van der Waals surface area contributed by atoms with Gasteiger partial charge in [0.25, 0.3) is 0 Å². The second-order valence-electron chi connectivity index (χ2n) is 6.01. The van der Waals surface area contributed by atoms with E-state index in [1.54, 1.807) is 30.0 Å². The minimum atomic E-state index is -0.0844. The standard InChI is InChI=1S/C18H21ClN4O2/c1-22-11-14(10-20-22)13-5-7-23(8-6-13)12-18(24)21-16-9-15(19)3-4-17(16)25-2/h3-5,9-11H,6-8,12H2,1-2H3,(H,21,24). The molecule has 6 nitrogen and oxygen atoms in total. The highest BCUT2D eigenvalue weighted by atomic mass is 35.5. The van der Waals surface area contributed by atoms with Crippen LogP contribution >= 0.6 is 11.6 Å². The van der Waals surface area contributed by atoms with Crippen molar-refractivity contribution in [1.82, 2.24) is 14.7 Å². The van der Waals surface area contributed by atoms with E-state index >= 15 is 0 Å². The number of benzene rings is 1. The fourth-order valence-corrected chi connectivity index (χ4v) is 3.05. The predicted molar refractivity (Wildman–Crippen MR) is 98.9 cm³/mol. The van der Waals surface area contributed by atoms with Crippen LogP contribution in [-0.2, 0) is 11.8 Å². The third-order valence-electron chi connectivity index (χ3n) is 4.17. The Labute approximate surface area is 152 Å². The summed E-state index contributed by atoms with van der Waals surface area (Å²) in [7, 11) is 3.47. The number of carbonyl (C=O) groups excluding carboxylic acids is 1. The van der Waals surface area contributed by atoms with Crippen molar-refractivity contribution in [2.45, 2.75) is 6.42 Å². The van der Waals surface area contributed by atoms with E-state index in [0.717, 1.165) is 25.1 Å². The van der Waals surface area contributed by atoms with Crippen LogP contribution in [0.5, 0.6) is 5.75 Å². The Morgan fingerprint density at radius 2 is 2.28 bits per heavy atom. The number of amides is 1. The van der Waals surface area contributed by atoms with E-state index < -0.39 is 0 Å². The topological polar surface area (TPSA) is 59.4 Å². The zero-order valence-corrected chi connectivity index (χ0v) is 15.1. The van der Waals surface area contributed by atoms with Gasteiger partial charge in [-0.2, -0.15) is 5.10 Å². The van der Waals surface area contributed by atoms with Crippen LogP contribution in [0, 0.1) is 0 Å². The van der Waals surface area contributed by atoms with Crippen LogP contribution in [0.3, 0.4) is 0 Å². The lowest BCUT2D eigenvalue weighted by Crippen LogP contribution is -2.36. The Morgan fingerprint density at radius 1 is 1.44 bits per heavy atom. The van der Waals surface area contributed by atoms with Crippen LogP contribution in [0.15, 0.2) is 36.7 Å². The maximum Gasteiger partial charge on any atom is 0.238 e. The van der Waals surface area contributed by atoms with Crippen LogP contribution in [-0.4, -0.2) is 47.3 Å². The van der Waals surface area contributed by atoms with Crippen LogP contribution in [0.4, 0.5) is 5.69 Å². The molecule has 3 rings (SSSR count). The molecule has 7 heteroatoms. The number of ether oxygens (including phenoxy) is 1. The summed E-state index contributed by atoms with van der Waals surface area (Å²) < 4.78 is 7.05. The molecular formula is C18H21ClN4O2. The van der Waals surface area contributed by atoms with Crippen molar-refractivity contribution in [2.24, 2.45) is 7.05 Å². The maximum absolute atomic E-state index is 12.3. The molecule has 0 unspecified atom stereocenters. The van der Waals surface area contributed by atoms with Gasteiger partial charge in [0.15, 0.2) is 0 Å². The minimum absolute atomic E-state index is 0.0844. The Bertz CT molecular complexity index is 800. The molecular weight excluding hydrogens is 340 g/mol. The fourth-order valence-electron chi connectivity index (χ4n) is 2.87. The monoisotopic (exact) mass is 360 g/mol. The highest BCUT2D eigenvalue weighted by Crippen LogP contribution is 2.27. The number of methoxy groups -OCH3 is 1. The molecule has 1 aliphatic heterocycles. The van der Waals surface area contributed by atoms with Gasteiger partial charge in [0, 0.05) is 36.9 Å². The molecule has 0 saturated heterocycles. The van der Waals surface area contributed by atoms with E-state index in [0.29, 0.717) is 23.0 Å². The van der Waals surface area contributed by atoms with Gasteiger partial charge in [-0.15, -0.1) is 0 Å². The van der Waals surface area contributed by atoms with Crippen molar-refractivity contribution in [1.29, 1.82) is 0 Å². The van der Waals surface area contributed by atoms with Crippen molar-refractivity contribution in [3.8, 4) is 5.75 Å². The van der Waals surface area contributed by atoms with Crippen LogP contribution in [0.2, 0.25) is 5.02 Å². The molecule has 2 heterocycles. The van der Waals surface area contributed by atoms with E-state index in [1.807, 2.05) is 19.4 Å². The molecule has 1 aromatic heterocycles. The molecule has 0 aliphatic carbocycles. The average molecular weight is 361 g/mol. The van der Waals surface area contributed by atoms with Gasteiger partial charge < -0.3 is 10.1 Å². The van der Waals surface area contributed by atoms with Crippen LogP contribution in [0.1, 0.15) is 12.0 Å². The van der Waals surface area contributed by atoms with Gasteiger partial charge in [-0.05, 0) is 30.2 Å². The van der Waals surface area contributed by atoms with Crippen LogP contribution < -0.4 is 10.1 Å². The summed E-state index contributed by atoms with van der Waals surface area (Å²) in [6.07, 6.45) is 6.95. The van der Waals surface area contributed by atoms with E-state index in [-0.39, 0.29) is 5.91 Å². The van der Waals surface area contributed by atoms with E-state index in [4.69, 9.17) is 16.3 Å². The highest BCUT2D eigenvalue weighted by molar-refractivity contribution is 6.31. The highest BCUT2D eigenvalue weighted by Gasteiger charge is 2.17. The number of nitrogens with one attached hydrogen (secondary N) is 1. The molecule has 25 heavy (non-hydrogen) atoms. The molecule has 0 saturated carbocycles. The number of aryl methyl sites for hydroxylation is 1. The number of nitrogens with zero attached hydrogens (tertiary/aromatic N) is 3. The lowest BCUT2D eigenvalue weighted by molar-refractivity contribution is -0.117. The summed E-state index contributed by atoms with van der Waals surface area (Å²) in [5, 5.41) is 7.63. The minimum Gasteiger partial charge on any atom is -0.495 e. The number of aromatic nitrogens is 2. The zero-order chi connectivity index (χ0) is 17.8. The fraction of sp³-hybridized carbons (Fsp3) is 0.333. The Kier molecular flexibility index (Phi) is 5.40. The largest absolute Gasteiger partial charge is 0.495 e. The first kappa shape index (κ1) is 17.5. The van der Waals surface area contributed by atoms with Gasteiger partial charge in [-0.1, -0.05) is 17.7 Å². The number of anilines is 1. The molecule has 1 aromatic carbocycles. The third-order valence-corrected chi connectivity index (χ3v) is 4.41. The summed E-state index contributed by atoms with van der Waals surface area (Å²) in [6.45, 7) is 1.90. The van der Waals surface area contributed by atoms with Gasteiger partial charge in [0.05, 0.1) is 25.5 Å². The first-order valence-corrected chi connectivity index (χ1v) is 8.47. The second kappa shape index (κ2) is 7.72. The number of rotatable bonds is 5. The number of hydrogen-bond acceptors (Lipinski definition) is 4. The Morgan fingerprint density at radius 3 is 2.92 bits per heavy atom. The number of hydrogen-bond donors (Lipinski definition) is 1. The molecule has 132 valence electrons. The molecule has 1 aliphatic rings. The average Bonchev–Trinajstić information content (AvgIpc) is 3.02. The molecule has 2 aromatic rings. The van der Waals surface area contributed by atoms with Crippen LogP contribution in [0.25, 0.3) is 5.57 Å². The molecule has 0 spiro atoms. The van der Waals surface area contributed by atoms with Gasteiger partial charge in [0.2, 0.25) is 5.91 Å². The maximum atomic E-state index is 12.3. The predicted octanol–water partition coefficient (Wildman–Crippen LogP) is 2.81. The summed E-state index contributed by atoms with van der Waals surface area (Å²) in [5.74, 6) is 0.508. The summed E-state index contributed by atoms with van der Waals surface area (Å²) in [6, 6.07) is 5.15. The zero-order valence-electron chi connectivity index (χ0n) is 14.3. The molecule has 0 radical (unpaired) electrons.